The molecule has 0 aliphatic heterocycles. The van der Waals surface area contributed by atoms with Gasteiger partial charge >= 0.3 is 5.97 Å². The lowest BCUT2D eigenvalue weighted by atomic mass is 10.0. The Morgan fingerprint density at radius 1 is 1.35 bits per heavy atom. The van der Waals surface area contributed by atoms with Crippen molar-refractivity contribution >= 4 is 16.9 Å². The molecule has 0 aliphatic rings. The largest absolute Gasteiger partial charge is 0.456 e. The average Bonchev–Trinajstić information content (AvgIpc) is 2.86. The number of nitrogens with zero attached hydrogens (tertiary/aromatic N) is 1. The van der Waals surface area contributed by atoms with E-state index in [0.717, 1.165) is 0 Å². The van der Waals surface area contributed by atoms with Crippen LogP contribution in [-0.2, 0) is 11.8 Å². The van der Waals surface area contributed by atoms with Crippen LogP contribution in [0.15, 0.2) is 11.0 Å². The van der Waals surface area contributed by atoms with Gasteiger partial charge in [-0.3, -0.25) is 4.79 Å². The van der Waals surface area contributed by atoms with Crippen LogP contribution >= 0.6 is 0 Å². The van der Waals surface area contributed by atoms with E-state index in [1.807, 2.05) is 20.8 Å². The summed E-state index contributed by atoms with van der Waals surface area (Å²) >= 11 is 0. The first-order valence-electron chi connectivity index (χ1n) is 8.57. The maximum Gasteiger partial charge on any atom is 0.341 e. The normalized spacial score (nSPS) is 12.0. The Kier molecular flexibility index (Phi) is 5.07. The Bertz CT molecular complexity index is 976. The fourth-order valence-electron chi connectivity index (χ4n) is 2.49. The van der Waals surface area contributed by atoms with E-state index in [2.05, 4.69) is 16.8 Å². The second-order valence-electron chi connectivity index (χ2n) is 7.65. The number of carbonyl (C=O) groups excluding carboxylic acids is 1. The molecule has 26 heavy (non-hydrogen) atoms. The molecule has 0 unspecified atom stereocenters. The molecule has 0 aromatic carbocycles. The number of pyridine rings is 1. The molecule has 140 valence electrons. The number of ether oxygens (including phenoxy) is 1. The van der Waals surface area contributed by atoms with Gasteiger partial charge in [0.05, 0.1) is 11.1 Å². The number of rotatable bonds is 3. The van der Waals surface area contributed by atoms with Crippen LogP contribution in [0, 0.1) is 18.8 Å². The summed E-state index contributed by atoms with van der Waals surface area (Å²) in [5.41, 5.74) is -0.441. The van der Waals surface area contributed by atoms with Crippen LogP contribution < -0.4 is 5.56 Å². The molecular weight excluding hydrogens is 332 g/mol. The summed E-state index contributed by atoms with van der Waals surface area (Å²) in [5.74, 6) is 5.13. The second kappa shape index (κ2) is 6.65. The van der Waals surface area contributed by atoms with E-state index in [0.29, 0.717) is 34.1 Å². The number of fused-ring (bicyclic) bond motifs is 1. The maximum absolute atomic E-state index is 12.8. The lowest BCUT2D eigenvalue weighted by molar-refractivity contribution is -0.00228. The minimum absolute atomic E-state index is 0.259. The van der Waals surface area contributed by atoms with Crippen molar-refractivity contribution in [1.82, 2.24) is 9.55 Å². The summed E-state index contributed by atoms with van der Waals surface area (Å²) in [6.07, 6.45) is 2.23. The fourth-order valence-corrected chi connectivity index (χ4v) is 2.49. The molecule has 0 fully saturated rings. The Hall–Kier alpha value is -2.52. The van der Waals surface area contributed by atoms with E-state index in [1.165, 1.54) is 4.57 Å². The Labute approximate surface area is 153 Å². The highest BCUT2D eigenvalue weighted by atomic mass is 16.6. The highest BCUT2D eigenvalue weighted by molar-refractivity contribution is 6.07. The van der Waals surface area contributed by atoms with Gasteiger partial charge in [0, 0.05) is 24.3 Å². The molecule has 0 bridgehead atoms. The van der Waals surface area contributed by atoms with Crippen molar-refractivity contribution in [2.45, 2.75) is 59.2 Å². The third-order valence-electron chi connectivity index (χ3n) is 4.24. The first-order chi connectivity index (χ1) is 11.9. The Morgan fingerprint density at radius 3 is 2.50 bits per heavy atom. The molecule has 2 aromatic rings. The smallest absolute Gasteiger partial charge is 0.341 e. The van der Waals surface area contributed by atoms with Gasteiger partial charge in [0.15, 0.2) is 0 Å². The molecule has 6 nitrogen and oxygen atoms in total. The minimum Gasteiger partial charge on any atom is -0.456 e. The molecule has 0 aliphatic carbocycles. The summed E-state index contributed by atoms with van der Waals surface area (Å²) in [4.78, 5) is 28.3. The van der Waals surface area contributed by atoms with Crippen molar-refractivity contribution in [3.63, 3.8) is 0 Å². The number of nitrogens with one attached hydrogen (secondary N) is 1. The molecule has 0 radical (unpaired) electrons. The number of hydrogen-bond acceptors (Lipinski definition) is 4. The summed E-state index contributed by atoms with van der Waals surface area (Å²) in [6, 6.07) is 0. The molecule has 2 N–H and O–H groups in total. The molecule has 0 atom stereocenters. The quantitative estimate of drug-likeness (QED) is 0.652. The summed E-state index contributed by atoms with van der Waals surface area (Å²) in [6.45, 7) is 10.5. The monoisotopic (exact) mass is 358 g/mol. The zero-order chi connectivity index (χ0) is 19.9. The first-order valence-corrected chi connectivity index (χ1v) is 8.57. The van der Waals surface area contributed by atoms with Gasteiger partial charge in [-0.25, -0.2) is 4.79 Å². The molecule has 2 heterocycles. The number of hydrogen-bond donors (Lipinski definition) is 2. The predicted molar refractivity (Wildman–Crippen MR) is 101 cm³/mol. The summed E-state index contributed by atoms with van der Waals surface area (Å²) < 4.78 is 7.03. The van der Waals surface area contributed by atoms with E-state index < -0.39 is 17.2 Å². The van der Waals surface area contributed by atoms with Crippen LogP contribution in [0.5, 0.6) is 0 Å². The Balaban J connectivity index is 2.77. The van der Waals surface area contributed by atoms with Crippen LogP contribution in [0.25, 0.3) is 10.9 Å². The Morgan fingerprint density at radius 2 is 1.96 bits per heavy atom. The molecular formula is C20H26N2O4. The number of H-pyrrole nitrogens is 1. The van der Waals surface area contributed by atoms with Gasteiger partial charge in [0.25, 0.3) is 5.56 Å². The van der Waals surface area contributed by atoms with E-state index in [1.54, 1.807) is 34.0 Å². The predicted octanol–water partition coefficient (Wildman–Crippen LogP) is 2.64. The number of aromatic amines is 1. The number of aromatic nitrogens is 2. The van der Waals surface area contributed by atoms with Gasteiger partial charge in [-0.15, -0.1) is 0 Å². The average molecular weight is 358 g/mol. The SMILES string of the molecule is CCC(C)(C)OC(=O)c1c(C)[nH]c2c(=O)n(C)cc(C#CC(C)(C)O)c12. The molecule has 0 amide bonds. The number of aryl methyl sites for hydroxylation is 2. The van der Waals surface area contributed by atoms with E-state index in [9.17, 15) is 14.7 Å². The molecule has 2 aromatic heterocycles. The van der Waals surface area contributed by atoms with E-state index >= 15 is 0 Å². The van der Waals surface area contributed by atoms with Crippen molar-refractivity contribution in [3.05, 3.63) is 33.4 Å². The van der Waals surface area contributed by atoms with Crippen LogP contribution in [0.1, 0.15) is 62.7 Å². The van der Waals surface area contributed by atoms with Crippen molar-refractivity contribution in [2.75, 3.05) is 0 Å². The standard InChI is InChI=1S/C20H26N2O4/c1-8-20(5,6)26-18(24)14-12(2)21-16-15(14)13(9-10-19(3,4)25)11-22(7)17(16)23/h11,21,25H,8H2,1-7H3. The van der Waals surface area contributed by atoms with Gasteiger partial charge in [-0.05, 0) is 41.0 Å². The molecule has 2 rings (SSSR count). The number of esters is 1. The third kappa shape index (κ3) is 4.00. The van der Waals surface area contributed by atoms with E-state index in [-0.39, 0.29) is 5.56 Å². The van der Waals surface area contributed by atoms with Crippen molar-refractivity contribution in [2.24, 2.45) is 7.05 Å². The van der Waals surface area contributed by atoms with Crippen LogP contribution in [-0.4, -0.2) is 31.8 Å². The van der Waals surface area contributed by atoms with Crippen molar-refractivity contribution in [1.29, 1.82) is 0 Å². The van der Waals surface area contributed by atoms with Crippen molar-refractivity contribution in [3.8, 4) is 11.8 Å². The van der Waals surface area contributed by atoms with Gasteiger partial charge < -0.3 is 19.4 Å². The zero-order valence-electron chi connectivity index (χ0n) is 16.4. The number of carbonyl (C=O) groups is 1. The van der Waals surface area contributed by atoms with Gasteiger partial charge in [-0.1, -0.05) is 18.8 Å². The highest BCUT2D eigenvalue weighted by Gasteiger charge is 2.27. The maximum atomic E-state index is 12.8. The second-order valence-corrected chi connectivity index (χ2v) is 7.65. The fraction of sp³-hybridized carbons (Fsp3) is 0.500. The third-order valence-corrected chi connectivity index (χ3v) is 4.24. The first kappa shape index (κ1) is 19.8. The zero-order valence-corrected chi connectivity index (χ0v) is 16.4. The summed E-state index contributed by atoms with van der Waals surface area (Å²) in [5, 5.41) is 10.3. The van der Waals surface area contributed by atoms with Gasteiger partial charge in [0.2, 0.25) is 0 Å². The molecule has 0 spiro atoms. The molecule has 0 saturated heterocycles. The van der Waals surface area contributed by atoms with Crippen LogP contribution in [0.4, 0.5) is 0 Å². The lowest BCUT2D eigenvalue weighted by Crippen LogP contribution is -2.27. The lowest BCUT2D eigenvalue weighted by Gasteiger charge is -2.23. The van der Waals surface area contributed by atoms with E-state index in [4.69, 9.17) is 4.74 Å². The summed E-state index contributed by atoms with van der Waals surface area (Å²) in [7, 11) is 1.62. The van der Waals surface area contributed by atoms with Gasteiger partial charge in [0.1, 0.15) is 16.7 Å². The molecule has 6 heteroatoms. The number of aliphatic hydroxyl groups is 1. The molecule has 0 saturated carbocycles. The van der Waals surface area contributed by atoms with Gasteiger partial charge in [-0.2, -0.15) is 0 Å². The van der Waals surface area contributed by atoms with Crippen molar-refractivity contribution < 1.29 is 14.6 Å². The topological polar surface area (TPSA) is 84.3 Å². The highest BCUT2D eigenvalue weighted by Crippen LogP contribution is 2.26. The van der Waals surface area contributed by atoms with Crippen LogP contribution in [0.2, 0.25) is 0 Å². The minimum atomic E-state index is -1.20. The van der Waals surface area contributed by atoms with Crippen LogP contribution in [0.3, 0.4) is 0 Å².